The first kappa shape index (κ1) is 21.9. The van der Waals surface area contributed by atoms with E-state index in [-0.39, 0.29) is 22.9 Å². The van der Waals surface area contributed by atoms with Gasteiger partial charge in [0.2, 0.25) is 0 Å². The van der Waals surface area contributed by atoms with Crippen molar-refractivity contribution < 1.29 is 9.53 Å². The van der Waals surface area contributed by atoms with Crippen molar-refractivity contribution in [3.05, 3.63) is 47.8 Å². The van der Waals surface area contributed by atoms with Crippen molar-refractivity contribution in [2.24, 2.45) is 28.6 Å². The van der Waals surface area contributed by atoms with Crippen LogP contribution in [-0.2, 0) is 9.53 Å². The fourth-order valence-corrected chi connectivity index (χ4v) is 7.83. The van der Waals surface area contributed by atoms with E-state index in [9.17, 15) is 4.79 Å². The number of hydrogen-bond donors (Lipinski definition) is 0. The number of allylic oxidation sites excluding steroid dienone is 3. The molecule has 1 aromatic heterocycles. The van der Waals surface area contributed by atoms with Gasteiger partial charge in [0.15, 0.2) is 0 Å². The van der Waals surface area contributed by atoms with E-state index in [4.69, 9.17) is 4.74 Å². The van der Waals surface area contributed by atoms with Crippen LogP contribution in [0.15, 0.2) is 42.3 Å². The van der Waals surface area contributed by atoms with Gasteiger partial charge in [-0.1, -0.05) is 51.0 Å². The molecule has 1 aromatic rings. The van der Waals surface area contributed by atoms with Crippen LogP contribution in [0.5, 0.6) is 0 Å². The Balaban J connectivity index is 1.32. The number of fused-ring (bicyclic) bond motifs is 5. The van der Waals surface area contributed by atoms with E-state index in [2.05, 4.69) is 56.2 Å². The zero-order chi connectivity index (χ0) is 22.3. The van der Waals surface area contributed by atoms with Gasteiger partial charge in [-0.25, -0.2) is 0 Å². The topological polar surface area (TPSA) is 39.2 Å². The van der Waals surface area contributed by atoms with Crippen LogP contribution in [0.2, 0.25) is 0 Å². The molecule has 0 saturated heterocycles. The van der Waals surface area contributed by atoms with Crippen LogP contribution in [0.25, 0.3) is 5.57 Å². The molecule has 6 atom stereocenters. The zero-order valence-electron chi connectivity index (χ0n) is 20.1. The molecule has 1 heterocycles. The summed E-state index contributed by atoms with van der Waals surface area (Å²) in [5, 5.41) is 0. The average molecular weight is 434 g/mol. The van der Waals surface area contributed by atoms with Gasteiger partial charge in [0.25, 0.3) is 0 Å². The Morgan fingerprint density at radius 2 is 1.97 bits per heavy atom. The molecule has 0 spiro atoms. The summed E-state index contributed by atoms with van der Waals surface area (Å²) in [7, 11) is 0. The molecule has 4 aliphatic carbocycles. The minimum Gasteiger partial charge on any atom is -0.462 e. The summed E-state index contributed by atoms with van der Waals surface area (Å²) in [6, 6.07) is 4.31. The molecular weight excluding hydrogens is 394 g/mol. The highest BCUT2D eigenvalue weighted by atomic mass is 16.5. The van der Waals surface area contributed by atoms with Crippen molar-refractivity contribution in [3.63, 3.8) is 0 Å². The van der Waals surface area contributed by atoms with Gasteiger partial charge >= 0.3 is 5.97 Å². The van der Waals surface area contributed by atoms with Crippen LogP contribution < -0.4 is 0 Å². The van der Waals surface area contributed by atoms with E-state index in [1.807, 2.05) is 6.20 Å². The van der Waals surface area contributed by atoms with E-state index in [0.29, 0.717) is 6.42 Å². The second-order valence-corrected chi connectivity index (χ2v) is 11.3. The van der Waals surface area contributed by atoms with Gasteiger partial charge in [0.05, 0.1) is 0 Å². The molecule has 4 aliphatic rings. The predicted octanol–water partition coefficient (Wildman–Crippen LogP) is 7.14. The Morgan fingerprint density at radius 3 is 2.75 bits per heavy atom. The molecule has 0 aromatic carbocycles. The number of hydrogen-bond acceptors (Lipinski definition) is 3. The fourth-order valence-electron chi connectivity index (χ4n) is 7.83. The van der Waals surface area contributed by atoms with Crippen LogP contribution in [-0.4, -0.2) is 17.1 Å². The lowest BCUT2D eigenvalue weighted by molar-refractivity contribution is -0.151. The molecule has 32 heavy (non-hydrogen) atoms. The molecule has 0 N–H and O–H groups in total. The summed E-state index contributed by atoms with van der Waals surface area (Å²) in [6.45, 7) is 7.17. The standard InChI is InChI=1S/C29H39NO2/c1-4-5-8-27(31)32-22-13-15-28(2)21(18-22)9-10-23-25-12-11-24(20-7-6-17-30-19-20)29(25,3)16-14-26(23)28/h6-7,9,11,17,19,22-23,25-26H,4-5,8,10,12-16,18H2,1-3H3/t22-,23-,25-,26?,28-,29+/m0/s1. The third kappa shape index (κ3) is 3.56. The maximum Gasteiger partial charge on any atom is 0.306 e. The third-order valence-electron chi connectivity index (χ3n) is 9.64. The van der Waals surface area contributed by atoms with Crippen molar-refractivity contribution in [2.45, 2.75) is 91.1 Å². The lowest BCUT2D eigenvalue weighted by Crippen LogP contribution is -2.50. The average Bonchev–Trinajstić information content (AvgIpc) is 3.16. The largest absolute Gasteiger partial charge is 0.462 e. The summed E-state index contributed by atoms with van der Waals surface area (Å²) >= 11 is 0. The number of rotatable bonds is 5. The van der Waals surface area contributed by atoms with E-state index in [1.54, 1.807) is 5.57 Å². The first-order valence-corrected chi connectivity index (χ1v) is 13.0. The predicted molar refractivity (Wildman–Crippen MR) is 129 cm³/mol. The summed E-state index contributed by atoms with van der Waals surface area (Å²) in [5.41, 5.74) is 5.00. The van der Waals surface area contributed by atoms with Crippen LogP contribution in [0.4, 0.5) is 0 Å². The van der Waals surface area contributed by atoms with Crippen molar-refractivity contribution in [1.82, 2.24) is 4.98 Å². The molecule has 0 aliphatic heterocycles. The SMILES string of the molecule is CCCCC(=O)O[C@H]1CC[C@@]2(C)C(=CC[C@@H]3C2CC[C@]2(C)C(c4cccnc4)=CC[C@@H]32)C1. The third-order valence-corrected chi connectivity index (χ3v) is 9.64. The minimum atomic E-state index is 0.00290. The number of pyridine rings is 1. The number of nitrogens with zero attached hydrogens (tertiary/aromatic N) is 1. The quantitative estimate of drug-likeness (QED) is 0.366. The van der Waals surface area contributed by atoms with Gasteiger partial charge < -0.3 is 4.74 Å². The van der Waals surface area contributed by atoms with Gasteiger partial charge in [-0.2, -0.15) is 0 Å². The van der Waals surface area contributed by atoms with E-state index >= 15 is 0 Å². The van der Waals surface area contributed by atoms with Gasteiger partial charge in [0.1, 0.15) is 6.10 Å². The first-order chi connectivity index (χ1) is 15.5. The highest BCUT2D eigenvalue weighted by Crippen LogP contribution is 2.66. The van der Waals surface area contributed by atoms with Crippen molar-refractivity contribution >= 4 is 11.5 Å². The lowest BCUT2D eigenvalue weighted by Gasteiger charge is -2.57. The molecular formula is C29H39NO2. The Labute approximate surface area is 193 Å². The summed E-state index contributed by atoms with van der Waals surface area (Å²) in [5.74, 6) is 2.26. The highest BCUT2D eigenvalue weighted by Gasteiger charge is 2.57. The monoisotopic (exact) mass is 433 g/mol. The van der Waals surface area contributed by atoms with Crippen LogP contribution >= 0.6 is 0 Å². The van der Waals surface area contributed by atoms with Crippen LogP contribution in [0.3, 0.4) is 0 Å². The Bertz CT molecular complexity index is 918. The molecule has 3 heteroatoms. The van der Waals surface area contributed by atoms with Gasteiger partial charge in [-0.3, -0.25) is 9.78 Å². The molecule has 2 fully saturated rings. The molecule has 1 unspecified atom stereocenters. The molecule has 5 rings (SSSR count). The second-order valence-electron chi connectivity index (χ2n) is 11.3. The van der Waals surface area contributed by atoms with Crippen LogP contribution in [0.1, 0.15) is 90.5 Å². The lowest BCUT2D eigenvalue weighted by atomic mass is 9.47. The maximum absolute atomic E-state index is 12.2. The maximum atomic E-state index is 12.2. The molecule has 3 nitrogen and oxygen atoms in total. The number of aromatic nitrogens is 1. The Hall–Kier alpha value is -1.90. The Kier molecular flexibility index (Phi) is 5.80. The normalized spacial score (nSPS) is 38.1. The van der Waals surface area contributed by atoms with E-state index in [0.717, 1.165) is 49.9 Å². The molecule has 0 amide bonds. The van der Waals surface area contributed by atoms with Crippen molar-refractivity contribution in [1.29, 1.82) is 0 Å². The molecule has 2 saturated carbocycles. The smallest absolute Gasteiger partial charge is 0.306 e. The number of ether oxygens (including phenoxy) is 1. The zero-order valence-corrected chi connectivity index (χ0v) is 20.1. The summed E-state index contributed by atoms with van der Waals surface area (Å²) in [6.07, 6.45) is 19.8. The Morgan fingerprint density at radius 1 is 1.12 bits per heavy atom. The van der Waals surface area contributed by atoms with Crippen molar-refractivity contribution in [2.75, 3.05) is 0 Å². The fraction of sp³-hybridized carbons (Fsp3) is 0.655. The first-order valence-electron chi connectivity index (χ1n) is 13.0. The number of unbranched alkanes of at least 4 members (excludes halogenated alkanes) is 1. The van der Waals surface area contributed by atoms with Crippen LogP contribution in [0, 0.1) is 28.6 Å². The number of carbonyl (C=O) groups is 1. The molecule has 0 bridgehead atoms. The summed E-state index contributed by atoms with van der Waals surface area (Å²) in [4.78, 5) is 16.6. The minimum absolute atomic E-state index is 0.00290. The molecule has 0 radical (unpaired) electrons. The van der Waals surface area contributed by atoms with Gasteiger partial charge in [0, 0.05) is 25.2 Å². The number of carbonyl (C=O) groups excluding carboxylic acids is 1. The second kappa shape index (κ2) is 8.47. The summed E-state index contributed by atoms with van der Waals surface area (Å²) < 4.78 is 5.88. The number of esters is 1. The van der Waals surface area contributed by atoms with E-state index < -0.39 is 0 Å². The highest BCUT2D eigenvalue weighted by molar-refractivity contribution is 5.72. The van der Waals surface area contributed by atoms with Gasteiger partial charge in [-0.05, 0) is 90.7 Å². The van der Waals surface area contributed by atoms with Gasteiger partial charge in [-0.15, -0.1) is 0 Å². The van der Waals surface area contributed by atoms with E-state index in [1.165, 1.54) is 36.8 Å². The molecule has 172 valence electrons. The van der Waals surface area contributed by atoms with Crippen molar-refractivity contribution in [3.8, 4) is 0 Å².